The average molecular weight is 309 g/mol. The van der Waals surface area contributed by atoms with Crippen LogP contribution in [0.25, 0.3) is 0 Å². The fourth-order valence-corrected chi connectivity index (χ4v) is 3.11. The number of benzene rings is 1. The van der Waals surface area contributed by atoms with Crippen molar-refractivity contribution in [3.05, 3.63) is 29.8 Å². The first-order valence-electron chi connectivity index (χ1n) is 6.60. The van der Waals surface area contributed by atoms with Crippen LogP contribution in [0, 0.1) is 12.3 Å². The number of carboxylic acids is 1. The molecule has 1 unspecified atom stereocenters. The van der Waals surface area contributed by atoms with Crippen LogP contribution in [0.3, 0.4) is 0 Å². The molecule has 2 N–H and O–H groups in total. The predicted molar refractivity (Wildman–Crippen MR) is 80.3 cm³/mol. The lowest BCUT2D eigenvalue weighted by molar-refractivity contribution is -0.138. The molecule has 0 aromatic heterocycles. The van der Waals surface area contributed by atoms with Gasteiger partial charge in [-0.15, -0.1) is 12.3 Å². The molecule has 2 atom stereocenters. The van der Waals surface area contributed by atoms with Crippen LogP contribution in [0.1, 0.15) is 38.2 Å². The van der Waals surface area contributed by atoms with E-state index in [-0.39, 0.29) is 10.8 Å². The summed E-state index contributed by atoms with van der Waals surface area (Å²) in [7, 11) is -3.84. The fraction of sp³-hybridized carbons (Fsp3) is 0.400. The monoisotopic (exact) mass is 309 g/mol. The van der Waals surface area contributed by atoms with E-state index in [0.29, 0.717) is 6.42 Å². The fourth-order valence-electron chi connectivity index (χ4n) is 1.91. The molecule has 0 radical (unpaired) electrons. The second-order valence-electron chi connectivity index (χ2n) is 4.76. The third-order valence-electron chi connectivity index (χ3n) is 3.22. The zero-order chi connectivity index (χ0) is 16.0. The third kappa shape index (κ3) is 4.59. The first kappa shape index (κ1) is 17.2. The summed E-state index contributed by atoms with van der Waals surface area (Å²) in [5, 5.41) is 8.75. The summed E-state index contributed by atoms with van der Waals surface area (Å²) in [5.41, 5.74) is 0.973. The summed E-state index contributed by atoms with van der Waals surface area (Å²) >= 11 is 0. The van der Waals surface area contributed by atoms with Crippen LogP contribution in [-0.4, -0.2) is 25.5 Å². The maximum Gasteiger partial charge on any atom is 0.321 e. The second-order valence-corrected chi connectivity index (χ2v) is 6.48. The van der Waals surface area contributed by atoms with Crippen LogP contribution in [-0.2, 0) is 14.8 Å². The molecular formula is C15H19NO4S. The molecule has 6 heteroatoms. The van der Waals surface area contributed by atoms with Crippen LogP contribution in [0.4, 0.5) is 0 Å². The van der Waals surface area contributed by atoms with Gasteiger partial charge in [-0.3, -0.25) is 4.79 Å². The molecule has 1 aromatic rings. The molecule has 0 fully saturated rings. The molecule has 0 amide bonds. The number of sulfonamides is 1. The van der Waals surface area contributed by atoms with E-state index in [9.17, 15) is 13.2 Å². The highest BCUT2D eigenvalue weighted by atomic mass is 32.2. The lowest BCUT2D eigenvalue weighted by Crippen LogP contribution is -2.38. The summed E-state index contributed by atoms with van der Waals surface area (Å²) in [4.78, 5) is 10.8. The van der Waals surface area contributed by atoms with Gasteiger partial charge in [0.05, 0.1) is 4.90 Å². The Labute approximate surface area is 125 Å². The van der Waals surface area contributed by atoms with Crippen molar-refractivity contribution in [2.75, 3.05) is 0 Å². The van der Waals surface area contributed by atoms with Crippen molar-refractivity contribution >= 4 is 16.0 Å². The van der Waals surface area contributed by atoms with Crippen molar-refractivity contribution in [2.24, 2.45) is 0 Å². The largest absolute Gasteiger partial charge is 0.480 e. The molecule has 0 saturated heterocycles. The highest BCUT2D eigenvalue weighted by Crippen LogP contribution is 2.24. The highest BCUT2D eigenvalue weighted by Gasteiger charge is 2.21. The summed E-state index contributed by atoms with van der Waals surface area (Å²) < 4.78 is 26.1. The molecule has 0 saturated carbocycles. The van der Waals surface area contributed by atoms with Crippen molar-refractivity contribution in [3.8, 4) is 12.3 Å². The number of hydrogen-bond acceptors (Lipinski definition) is 3. The van der Waals surface area contributed by atoms with E-state index in [4.69, 9.17) is 11.5 Å². The first-order valence-corrected chi connectivity index (χ1v) is 8.08. The lowest BCUT2D eigenvalue weighted by atomic mass is 9.94. The van der Waals surface area contributed by atoms with Crippen molar-refractivity contribution in [1.82, 2.24) is 4.72 Å². The van der Waals surface area contributed by atoms with Gasteiger partial charge in [0.15, 0.2) is 0 Å². The van der Waals surface area contributed by atoms with Crippen LogP contribution in [0.5, 0.6) is 0 Å². The van der Waals surface area contributed by atoms with E-state index in [2.05, 4.69) is 10.6 Å². The minimum atomic E-state index is -3.84. The molecule has 0 heterocycles. The quantitative estimate of drug-likeness (QED) is 0.754. The third-order valence-corrected chi connectivity index (χ3v) is 4.78. The topological polar surface area (TPSA) is 83.5 Å². The van der Waals surface area contributed by atoms with Crippen molar-refractivity contribution in [2.45, 2.75) is 43.5 Å². The van der Waals surface area contributed by atoms with Crippen molar-refractivity contribution in [1.29, 1.82) is 0 Å². The molecule has 21 heavy (non-hydrogen) atoms. The smallest absolute Gasteiger partial charge is 0.321 e. The number of terminal acetylenes is 1. The van der Waals surface area contributed by atoms with Gasteiger partial charge in [-0.05, 0) is 37.0 Å². The Balaban J connectivity index is 2.96. The Kier molecular flexibility index (Phi) is 5.94. The molecule has 0 spiro atoms. The predicted octanol–water partition coefficient (Wildman–Crippen LogP) is 1.95. The zero-order valence-electron chi connectivity index (χ0n) is 12.0. The molecule has 114 valence electrons. The summed E-state index contributed by atoms with van der Waals surface area (Å²) in [6, 6.07) is 5.17. The molecule has 0 bridgehead atoms. The summed E-state index contributed by atoms with van der Waals surface area (Å²) in [6.45, 7) is 3.29. The van der Waals surface area contributed by atoms with Crippen LogP contribution in [0.15, 0.2) is 29.2 Å². The van der Waals surface area contributed by atoms with Gasteiger partial charge in [0, 0.05) is 6.42 Å². The first-order chi connectivity index (χ1) is 9.81. The Hall–Kier alpha value is -1.84. The van der Waals surface area contributed by atoms with E-state index in [1.807, 2.05) is 6.92 Å². The average Bonchev–Trinajstić information content (AvgIpc) is 2.44. The standard InChI is InChI=1S/C15H19NO4S/c1-4-6-12(5-2)13-7-9-14(10-8-13)21(19,20)16-11(3)15(17)18/h1,7-12,16H,5-6H2,2-3H3,(H,17,18)/t11-,12?/m1/s1. The number of rotatable bonds is 7. The molecule has 0 aliphatic heterocycles. The Bertz CT molecular complexity index is 629. The Morgan fingerprint density at radius 1 is 1.38 bits per heavy atom. The minimum absolute atomic E-state index is 0.0370. The molecule has 0 aliphatic rings. The van der Waals surface area contributed by atoms with E-state index in [1.165, 1.54) is 19.1 Å². The molecular weight excluding hydrogens is 290 g/mol. The second kappa shape index (κ2) is 7.25. The van der Waals surface area contributed by atoms with Crippen molar-refractivity contribution < 1.29 is 18.3 Å². The van der Waals surface area contributed by atoms with Gasteiger partial charge in [-0.1, -0.05) is 19.1 Å². The minimum Gasteiger partial charge on any atom is -0.480 e. The molecule has 1 aromatic carbocycles. The molecule has 5 nitrogen and oxygen atoms in total. The van der Waals surface area contributed by atoms with Gasteiger partial charge in [-0.25, -0.2) is 8.42 Å². The number of carboxylic acid groups (broad SMARTS) is 1. The maximum atomic E-state index is 12.0. The number of carbonyl (C=O) groups is 1. The SMILES string of the molecule is C#CCC(CC)c1ccc(S(=O)(=O)N[C@H](C)C(=O)O)cc1. The molecule has 0 aliphatic carbocycles. The Morgan fingerprint density at radius 2 is 1.95 bits per heavy atom. The zero-order valence-corrected chi connectivity index (χ0v) is 12.9. The summed E-state index contributed by atoms with van der Waals surface area (Å²) in [5.74, 6) is 1.57. The van der Waals surface area contributed by atoms with E-state index >= 15 is 0 Å². The van der Waals surface area contributed by atoms with E-state index in [0.717, 1.165) is 12.0 Å². The van der Waals surface area contributed by atoms with Gasteiger partial charge in [-0.2, -0.15) is 4.72 Å². The molecule has 1 rings (SSSR count). The normalized spacial score (nSPS) is 14.1. The van der Waals surface area contributed by atoms with Gasteiger partial charge >= 0.3 is 5.97 Å². The van der Waals surface area contributed by atoms with E-state index < -0.39 is 22.0 Å². The highest BCUT2D eigenvalue weighted by molar-refractivity contribution is 7.89. The van der Waals surface area contributed by atoms with Gasteiger partial charge < -0.3 is 5.11 Å². The van der Waals surface area contributed by atoms with Crippen molar-refractivity contribution in [3.63, 3.8) is 0 Å². The van der Waals surface area contributed by atoms with Crippen LogP contribution >= 0.6 is 0 Å². The van der Waals surface area contributed by atoms with Gasteiger partial charge in [0.2, 0.25) is 10.0 Å². The lowest BCUT2D eigenvalue weighted by Gasteiger charge is -2.14. The number of nitrogens with one attached hydrogen (secondary N) is 1. The van der Waals surface area contributed by atoms with Gasteiger partial charge in [0.25, 0.3) is 0 Å². The van der Waals surface area contributed by atoms with Gasteiger partial charge in [0.1, 0.15) is 6.04 Å². The number of hydrogen-bond donors (Lipinski definition) is 2. The Morgan fingerprint density at radius 3 is 2.38 bits per heavy atom. The number of aliphatic carboxylic acids is 1. The summed E-state index contributed by atoms with van der Waals surface area (Å²) in [6.07, 6.45) is 6.77. The maximum absolute atomic E-state index is 12.0. The van der Waals surface area contributed by atoms with Crippen LogP contribution < -0.4 is 4.72 Å². The van der Waals surface area contributed by atoms with Crippen LogP contribution in [0.2, 0.25) is 0 Å². The van der Waals surface area contributed by atoms with E-state index in [1.54, 1.807) is 12.1 Å².